The first-order valence-electron chi connectivity index (χ1n) is 7.81. The number of carbonyl (C=O) groups excluding carboxylic acids is 1. The van der Waals surface area contributed by atoms with Gasteiger partial charge in [-0.2, -0.15) is 0 Å². The minimum Gasteiger partial charge on any atom is -0.345 e. The quantitative estimate of drug-likeness (QED) is 0.874. The van der Waals surface area contributed by atoms with Crippen molar-refractivity contribution >= 4 is 22.4 Å². The van der Waals surface area contributed by atoms with E-state index in [1.54, 1.807) is 11.3 Å². The molecule has 1 aromatic heterocycles. The predicted octanol–water partition coefficient (Wildman–Crippen LogP) is 2.60. The van der Waals surface area contributed by atoms with Crippen LogP contribution in [0.1, 0.15) is 17.9 Å². The van der Waals surface area contributed by atoms with Crippen molar-refractivity contribution in [3.63, 3.8) is 0 Å². The number of carbonyl (C=O) groups is 1. The van der Waals surface area contributed by atoms with Crippen molar-refractivity contribution in [1.29, 1.82) is 0 Å². The average Bonchev–Trinajstić information content (AvgIpc) is 3.20. The fourth-order valence-corrected chi connectivity index (χ4v) is 3.96. The van der Waals surface area contributed by atoms with Gasteiger partial charge >= 0.3 is 0 Å². The molecule has 5 heteroatoms. The fourth-order valence-electron chi connectivity index (χ4n) is 3.26. The highest BCUT2D eigenvalue weighted by atomic mass is 32.1. The first-order valence-corrected chi connectivity index (χ1v) is 8.69. The Balaban J connectivity index is 1.34. The van der Waals surface area contributed by atoms with Gasteiger partial charge in [0.15, 0.2) is 5.13 Å². The number of nitrogens with zero attached hydrogens (tertiary/aromatic N) is 3. The summed E-state index contributed by atoms with van der Waals surface area (Å²) in [6.45, 7) is 3.41. The van der Waals surface area contributed by atoms with Crippen molar-refractivity contribution in [1.82, 2.24) is 9.88 Å². The summed E-state index contributed by atoms with van der Waals surface area (Å²) in [6, 6.07) is 10.4. The standard InChI is InChI=1S/C17H19N3OS/c21-16(15-12-14(15)13-4-2-1-3-5-13)19-7-9-20(10-8-19)17-18-6-11-22-17/h1-6,11,14-15H,7-10,12H2/t14-,15-/m1/s1. The summed E-state index contributed by atoms with van der Waals surface area (Å²) >= 11 is 1.67. The molecule has 0 bridgehead atoms. The topological polar surface area (TPSA) is 36.4 Å². The van der Waals surface area contributed by atoms with Gasteiger partial charge < -0.3 is 9.80 Å². The summed E-state index contributed by atoms with van der Waals surface area (Å²) < 4.78 is 0. The average molecular weight is 313 g/mol. The van der Waals surface area contributed by atoms with Crippen LogP contribution in [0.25, 0.3) is 0 Å². The monoisotopic (exact) mass is 313 g/mol. The Kier molecular flexibility index (Phi) is 3.58. The van der Waals surface area contributed by atoms with Crippen LogP contribution >= 0.6 is 11.3 Å². The van der Waals surface area contributed by atoms with E-state index >= 15 is 0 Å². The lowest BCUT2D eigenvalue weighted by Gasteiger charge is -2.34. The van der Waals surface area contributed by atoms with Crippen LogP contribution in [-0.4, -0.2) is 42.0 Å². The third-order valence-corrected chi connectivity index (χ3v) is 5.45. The summed E-state index contributed by atoms with van der Waals surface area (Å²) in [4.78, 5) is 21.3. The molecule has 4 nitrogen and oxygen atoms in total. The molecule has 2 heterocycles. The van der Waals surface area contributed by atoms with Gasteiger partial charge in [0.1, 0.15) is 0 Å². The second-order valence-corrected chi connectivity index (χ2v) is 6.86. The molecule has 0 unspecified atom stereocenters. The van der Waals surface area contributed by atoms with Gasteiger partial charge in [0.05, 0.1) is 0 Å². The predicted molar refractivity (Wildman–Crippen MR) is 88.2 cm³/mol. The van der Waals surface area contributed by atoms with Crippen molar-refractivity contribution < 1.29 is 4.79 Å². The molecule has 2 atom stereocenters. The fraction of sp³-hybridized carbons (Fsp3) is 0.412. The summed E-state index contributed by atoms with van der Waals surface area (Å²) in [5, 5.41) is 3.07. The molecular weight excluding hydrogens is 294 g/mol. The van der Waals surface area contributed by atoms with Gasteiger partial charge in [0.25, 0.3) is 0 Å². The maximum absolute atomic E-state index is 12.6. The number of benzene rings is 1. The minimum absolute atomic E-state index is 0.203. The molecule has 114 valence electrons. The first kappa shape index (κ1) is 13.8. The van der Waals surface area contributed by atoms with Crippen molar-refractivity contribution in [2.24, 2.45) is 5.92 Å². The van der Waals surface area contributed by atoms with E-state index in [9.17, 15) is 4.79 Å². The minimum atomic E-state index is 0.203. The van der Waals surface area contributed by atoms with Crippen LogP contribution in [0.2, 0.25) is 0 Å². The van der Waals surface area contributed by atoms with Crippen LogP contribution in [0.5, 0.6) is 0 Å². The molecule has 1 amide bonds. The molecule has 2 aromatic rings. The van der Waals surface area contributed by atoms with E-state index in [4.69, 9.17) is 0 Å². The lowest BCUT2D eigenvalue weighted by Crippen LogP contribution is -2.49. The van der Waals surface area contributed by atoms with Crippen molar-refractivity contribution in [3.05, 3.63) is 47.5 Å². The highest BCUT2D eigenvalue weighted by Gasteiger charge is 2.46. The third kappa shape index (κ3) is 2.61. The molecule has 1 aromatic carbocycles. The lowest BCUT2D eigenvalue weighted by molar-refractivity contribution is -0.132. The van der Waals surface area contributed by atoms with E-state index in [0.29, 0.717) is 11.8 Å². The zero-order chi connectivity index (χ0) is 14.9. The molecule has 4 rings (SSSR count). The van der Waals surface area contributed by atoms with Gasteiger partial charge in [-0.3, -0.25) is 4.79 Å². The highest BCUT2D eigenvalue weighted by molar-refractivity contribution is 7.13. The molecule has 0 N–H and O–H groups in total. The zero-order valence-corrected chi connectivity index (χ0v) is 13.2. The molecule has 1 aliphatic carbocycles. The van der Waals surface area contributed by atoms with Crippen LogP contribution in [0.4, 0.5) is 5.13 Å². The molecule has 2 aliphatic rings. The highest BCUT2D eigenvalue weighted by Crippen LogP contribution is 2.48. The zero-order valence-electron chi connectivity index (χ0n) is 12.4. The number of hydrogen-bond acceptors (Lipinski definition) is 4. The van der Waals surface area contributed by atoms with E-state index in [1.807, 2.05) is 22.5 Å². The summed E-state index contributed by atoms with van der Waals surface area (Å²) in [5.74, 6) is 0.979. The van der Waals surface area contributed by atoms with Crippen molar-refractivity contribution in [2.45, 2.75) is 12.3 Å². The summed E-state index contributed by atoms with van der Waals surface area (Å²) in [6.07, 6.45) is 2.85. The molecule has 2 fully saturated rings. The Hall–Kier alpha value is -1.88. The van der Waals surface area contributed by atoms with E-state index < -0.39 is 0 Å². The Morgan fingerprint density at radius 1 is 1.14 bits per heavy atom. The molecule has 0 spiro atoms. The second kappa shape index (κ2) is 5.72. The Labute approximate surface area is 134 Å². The van der Waals surface area contributed by atoms with Gasteiger partial charge in [-0.05, 0) is 17.9 Å². The van der Waals surface area contributed by atoms with E-state index in [0.717, 1.165) is 37.7 Å². The lowest BCUT2D eigenvalue weighted by atomic mass is 10.1. The largest absolute Gasteiger partial charge is 0.345 e. The number of hydrogen-bond donors (Lipinski definition) is 0. The normalized spacial score (nSPS) is 24.4. The van der Waals surface area contributed by atoms with Gasteiger partial charge in [-0.25, -0.2) is 4.98 Å². The number of rotatable bonds is 3. The number of thiazole rings is 1. The number of anilines is 1. The SMILES string of the molecule is O=C([C@@H]1C[C@@H]1c1ccccc1)N1CCN(c2nccs2)CC1. The van der Waals surface area contributed by atoms with Crippen LogP contribution < -0.4 is 4.90 Å². The van der Waals surface area contributed by atoms with E-state index in [-0.39, 0.29) is 5.92 Å². The van der Waals surface area contributed by atoms with Gasteiger partial charge in [0.2, 0.25) is 5.91 Å². The number of aromatic nitrogens is 1. The second-order valence-electron chi connectivity index (χ2n) is 5.99. The van der Waals surface area contributed by atoms with E-state index in [2.05, 4.69) is 34.1 Å². The first-order chi connectivity index (χ1) is 10.8. The molecule has 1 saturated carbocycles. The number of piperazine rings is 1. The molecule has 22 heavy (non-hydrogen) atoms. The van der Waals surface area contributed by atoms with Gasteiger partial charge in [-0.15, -0.1) is 11.3 Å². The third-order valence-electron chi connectivity index (χ3n) is 4.62. The molecule has 1 saturated heterocycles. The Morgan fingerprint density at radius 3 is 2.59 bits per heavy atom. The number of amides is 1. The summed E-state index contributed by atoms with van der Waals surface area (Å²) in [7, 11) is 0. The maximum atomic E-state index is 12.6. The molecular formula is C17H19N3OS. The van der Waals surface area contributed by atoms with Gasteiger partial charge in [0, 0.05) is 43.7 Å². The Morgan fingerprint density at radius 2 is 1.91 bits per heavy atom. The summed E-state index contributed by atoms with van der Waals surface area (Å²) in [5.41, 5.74) is 1.31. The van der Waals surface area contributed by atoms with Gasteiger partial charge in [-0.1, -0.05) is 30.3 Å². The van der Waals surface area contributed by atoms with Crippen molar-refractivity contribution in [2.75, 3.05) is 31.1 Å². The van der Waals surface area contributed by atoms with Crippen LogP contribution in [0.3, 0.4) is 0 Å². The Bertz CT molecular complexity index is 635. The van der Waals surface area contributed by atoms with Crippen LogP contribution in [0.15, 0.2) is 41.9 Å². The van der Waals surface area contributed by atoms with Crippen molar-refractivity contribution in [3.8, 4) is 0 Å². The molecule has 0 radical (unpaired) electrons. The smallest absolute Gasteiger partial charge is 0.226 e. The van der Waals surface area contributed by atoms with Crippen LogP contribution in [-0.2, 0) is 4.79 Å². The maximum Gasteiger partial charge on any atom is 0.226 e. The molecule has 1 aliphatic heterocycles. The van der Waals surface area contributed by atoms with E-state index in [1.165, 1.54) is 5.56 Å². The van der Waals surface area contributed by atoms with Crippen LogP contribution in [0, 0.1) is 5.92 Å².